The maximum atomic E-state index is 13.7. The van der Waals surface area contributed by atoms with Crippen LogP contribution in [0.3, 0.4) is 0 Å². The molecule has 56 heavy (non-hydrogen) atoms. The fourth-order valence-electron chi connectivity index (χ4n) is 10.1. The Morgan fingerprint density at radius 3 is 2.62 bits per heavy atom. The monoisotopic (exact) mass is 809 g/mol. The minimum Gasteiger partial charge on any atom is -0.490 e. The molecule has 0 unspecified atom stereocenters. The summed E-state index contributed by atoms with van der Waals surface area (Å²) in [7, 11) is -2.10. The lowest BCUT2D eigenvalue weighted by Crippen LogP contribution is -2.57. The number of anilines is 1. The first-order valence-corrected chi connectivity index (χ1v) is 23.0. The Kier molecular flexibility index (Phi) is 12.8. The molecule has 1 saturated carbocycles. The molecular weight excluding hydrogens is 746 g/mol. The molecular formula is C44H64ClN5O5S. The molecule has 2 bridgehead atoms. The Hall–Kier alpha value is -2.67. The van der Waals surface area contributed by atoms with Gasteiger partial charge in [0.1, 0.15) is 11.4 Å². The molecule has 1 amide bonds. The van der Waals surface area contributed by atoms with Crippen molar-refractivity contribution in [2.75, 3.05) is 77.5 Å². The number of nitrogens with zero attached hydrogens (tertiary/aromatic N) is 3. The van der Waals surface area contributed by atoms with Gasteiger partial charge in [-0.3, -0.25) is 14.6 Å². The van der Waals surface area contributed by atoms with Crippen molar-refractivity contribution in [3.8, 4) is 5.75 Å². The van der Waals surface area contributed by atoms with Crippen LogP contribution >= 0.6 is 11.6 Å². The number of nitrogens with one attached hydrogen (secondary N) is 2. The van der Waals surface area contributed by atoms with Gasteiger partial charge in [-0.15, -0.1) is 0 Å². The van der Waals surface area contributed by atoms with E-state index in [0.717, 1.165) is 114 Å². The number of methoxy groups -OCH3 is 1. The fraction of sp³-hybridized carbons (Fsp3) is 0.659. The normalized spacial score (nSPS) is 32.6. The van der Waals surface area contributed by atoms with E-state index in [2.05, 4.69) is 62.9 Å². The summed E-state index contributed by atoms with van der Waals surface area (Å²) in [6, 6.07) is 12.2. The van der Waals surface area contributed by atoms with E-state index >= 15 is 0 Å². The number of ether oxygens (including phenoxy) is 2. The van der Waals surface area contributed by atoms with E-state index in [-0.39, 0.29) is 17.3 Å². The molecule has 6 atom stereocenters. The maximum Gasteiger partial charge on any atom is 0.264 e. The number of halogens is 1. The van der Waals surface area contributed by atoms with Crippen molar-refractivity contribution in [2.45, 2.75) is 94.9 Å². The molecule has 308 valence electrons. The number of allylic oxidation sites excluding steroid dienone is 1. The van der Waals surface area contributed by atoms with E-state index < -0.39 is 26.8 Å². The lowest BCUT2D eigenvalue weighted by Gasteiger charge is -2.52. The third-order valence-corrected chi connectivity index (χ3v) is 16.1. The fourth-order valence-corrected chi connectivity index (χ4v) is 11.6. The first-order valence-electron chi connectivity index (χ1n) is 21.1. The van der Waals surface area contributed by atoms with E-state index in [1.807, 2.05) is 32.2 Å². The Labute approximate surface area is 340 Å². The average molecular weight is 811 g/mol. The van der Waals surface area contributed by atoms with E-state index in [4.69, 9.17) is 21.1 Å². The highest BCUT2D eigenvalue weighted by Crippen LogP contribution is 2.49. The Bertz CT molecular complexity index is 1860. The van der Waals surface area contributed by atoms with E-state index in [1.54, 1.807) is 13.0 Å². The third kappa shape index (κ3) is 8.69. The second-order valence-electron chi connectivity index (χ2n) is 17.7. The highest BCUT2D eigenvalue weighted by molar-refractivity contribution is 7.90. The van der Waals surface area contributed by atoms with Gasteiger partial charge < -0.3 is 19.7 Å². The molecule has 12 heteroatoms. The second kappa shape index (κ2) is 17.3. The highest BCUT2D eigenvalue weighted by atomic mass is 35.5. The van der Waals surface area contributed by atoms with Crippen molar-refractivity contribution < 1.29 is 22.7 Å². The van der Waals surface area contributed by atoms with E-state index in [9.17, 15) is 13.2 Å². The van der Waals surface area contributed by atoms with E-state index in [0.29, 0.717) is 30.6 Å². The van der Waals surface area contributed by atoms with Crippen molar-refractivity contribution >= 4 is 33.2 Å². The number of carbonyl (C=O) groups is 1. The van der Waals surface area contributed by atoms with Gasteiger partial charge in [0.05, 0.1) is 17.5 Å². The lowest BCUT2D eigenvalue weighted by molar-refractivity contribution is -0.0918. The smallest absolute Gasteiger partial charge is 0.264 e. The van der Waals surface area contributed by atoms with Crippen molar-refractivity contribution in [2.24, 2.45) is 17.8 Å². The van der Waals surface area contributed by atoms with Gasteiger partial charge in [-0.25, -0.2) is 13.1 Å². The molecule has 7 rings (SSSR count). The van der Waals surface area contributed by atoms with Crippen molar-refractivity contribution in [1.29, 1.82) is 0 Å². The van der Waals surface area contributed by atoms with Gasteiger partial charge in [0.2, 0.25) is 10.0 Å². The van der Waals surface area contributed by atoms with Crippen LogP contribution in [-0.4, -0.2) is 114 Å². The number of fused-ring (bicyclic) bond motifs is 4. The number of aryl methyl sites for hydroxylation is 1. The molecule has 0 aromatic heterocycles. The quantitative estimate of drug-likeness (QED) is 0.346. The molecule has 0 radical (unpaired) electrons. The second-order valence-corrected chi connectivity index (χ2v) is 20.2. The number of benzene rings is 2. The van der Waals surface area contributed by atoms with Crippen LogP contribution in [0.25, 0.3) is 0 Å². The molecule has 10 nitrogen and oxygen atoms in total. The van der Waals surface area contributed by atoms with Gasteiger partial charge in [-0.1, -0.05) is 36.7 Å². The summed E-state index contributed by atoms with van der Waals surface area (Å²) >= 11 is 6.53. The Balaban J connectivity index is 1.27. The van der Waals surface area contributed by atoms with Gasteiger partial charge >= 0.3 is 0 Å². The molecule has 2 aliphatic carbocycles. The molecule has 1 saturated heterocycles. The molecule has 2 fully saturated rings. The SMILES string of the molecule is CO[C@@]1(CN2CCCN(C(C)C)CCNCC2)/C=C/C[C@H](C)[C@@H](C)S(=O)(=O)NC(=O)c2ccc3c(c2)N(C[C@@H]2CC[C@H]21)C[C@@]1(CCCc2cc(Cl)ccc21)CO3. The summed E-state index contributed by atoms with van der Waals surface area (Å²) < 4.78 is 43.3. The predicted octanol–water partition coefficient (Wildman–Crippen LogP) is 6.27. The topological polar surface area (TPSA) is 103 Å². The van der Waals surface area contributed by atoms with Crippen LogP contribution in [0.4, 0.5) is 5.69 Å². The summed E-state index contributed by atoms with van der Waals surface area (Å²) in [6.45, 7) is 16.9. The van der Waals surface area contributed by atoms with Crippen LogP contribution in [0.5, 0.6) is 5.75 Å². The number of sulfonamides is 1. The molecule has 2 N–H and O–H groups in total. The highest BCUT2D eigenvalue weighted by Gasteiger charge is 2.50. The average Bonchev–Trinajstić information content (AvgIpc) is 3.31. The Morgan fingerprint density at radius 1 is 1.04 bits per heavy atom. The Morgan fingerprint density at radius 2 is 1.86 bits per heavy atom. The minimum atomic E-state index is -3.97. The molecule has 3 heterocycles. The summed E-state index contributed by atoms with van der Waals surface area (Å²) in [5.41, 5.74) is 2.87. The predicted molar refractivity (Wildman–Crippen MR) is 226 cm³/mol. The molecule has 3 aliphatic heterocycles. The zero-order valence-corrected chi connectivity index (χ0v) is 35.8. The zero-order chi connectivity index (χ0) is 39.7. The summed E-state index contributed by atoms with van der Waals surface area (Å²) in [6.07, 6.45) is 11.2. The number of hydrogen-bond donors (Lipinski definition) is 2. The van der Waals surface area contributed by atoms with Gasteiger partial charge in [0.25, 0.3) is 5.91 Å². The van der Waals surface area contributed by atoms with Gasteiger partial charge in [0.15, 0.2) is 0 Å². The summed E-state index contributed by atoms with van der Waals surface area (Å²) in [4.78, 5) is 21.3. The number of rotatable bonds is 4. The maximum absolute atomic E-state index is 13.7. The first kappa shape index (κ1) is 41.5. The van der Waals surface area contributed by atoms with Crippen LogP contribution in [0, 0.1) is 17.8 Å². The lowest BCUT2D eigenvalue weighted by atomic mass is 9.63. The third-order valence-electron chi connectivity index (χ3n) is 13.9. The minimum absolute atomic E-state index is 0.225. The summed E-state index contributed by atoms with van der Waals surface area (Å²) in [5.74, 6) is 0.452. The van der Waals surface area contributed by atoms with Crippen LogP contribution in [0.15, 0.2) is 48.6 Å². The first-order chi connectivity index (χ1) is 26.8. The van der Waals surface area contributed by atoms with Gasteiger partial charge in [0, 0.05) is 75.0 Å². The van der Waals surface area contributed by atoms with Gasteiger partial charge in [-0.2, -0.15) is 0 Å². The van der Waals surface area contributed by atoms with Gasteiger partial charge in [-0.05, 0) is 138 Å². The molecule has 2 aromatic rings. The standard InChI is InChI=1S/C44H64ClN5O5S/c1-31(2)49-22-8-21-48(23-19-46-20-24-49)29-44(54-5)18-6-9-32(3)33(4)56(52,53)47-42(51)35-12-16-41-40(26-35)50(27-36-11-14-39(36)44)28-43(30-55-41)17-7-10-34-25-37(45)13-15-38(34)43/h6,12-13,15-16,18,25-26,31-33,36,39,46H,7-11,14,17,19-24,27-30H2,1-5H3,(H,47,51)/b18-6+/t32-,33+,36-,39+,43-,44+/m0/s1. The number of carbonyl (C=O) groups excluding carboxylic acids is 1. The van der Waals surface area contributed by atoms with Crippen LogP contribution in [0.1, 0.15) is 87.7 Å². The molecule has 2 aromatic carbocycles. The van der Waals surface area contributed by atoms with Crippen LogP contribution in [-0.2, 0) is 26.6 Å². The number of hydrogen-bond acceptors (Lipinski definition) is 9. The van der Waals surface area contributed by atoms with Crippen molar-refractivity contribution in [3.05, 3.63) is 70.3 Å². The number of amides is 1. The van der Waals surface area contributed by atoms with Crippen LogP contribution < -0.4 is 19.7 Å². The zero-order valence-electron chi connectivity index (χ0n) is 34.2. The molecule has 5 aliphatic rings. The summed E-state index contributed by atoms with van der Waals surface area (Å²) in [5, 5.41) is 3.66. The van der Waals surface area contributed by atoms with Crippen molar-refractivity contribution in [3.63, 3.8) is 0 Å². The van der Waals surface area contributed by atoms with Crippen molar-refractivity contribution in [1.82, 2.24) is 19.8 Å². The molecule has 1 spiro atoms. The van der Waals surface area contributed by atoms with Crippen LogP contribution in [0.2, 0.25) is 5.02 Å². The van der Waals surface area contributed by atoms with E-state index in [1.165, 1.54) is 11.1 Å². The largest absolute Gasteiger partial charge is 0.490 e.